The number of piperidine rings is 1. The summed E-state index contributed by atoms with van der Waals surface area (Å²) in [7, 11) is 0. The summed E-state index contributed by atoms with van der Waals surface area (Å²) >= 11 is 0. The van der Waals surface area contributed by atoms with Crippen molar-refractivity contribution in [2.24, 2.45) is 22.9 Å². The number of nitrogens with zero attached hydrogens (tertiary/aromatic N) is 4. The molecule has 35 heavy (non-hydrogen) atoms. The van der Waals surface area contributed by atoms with E-state index < -0.39 is 0 Å². The highest BCUT2D eigenvalue weighted by molar-refractivity contribution is 5.98. The van der Waals surface area contributed by atoms with Gasteiger partial charge in [0.2, 0.25) is 5.91 Å². The Bertz CT molecular complexity index is 1060. The van der Waals surface area contributed by atoms with Gasteiger partial charge in [-0.15, -0.1) is 0 Å². The van der Waals surface area contributed by atoms with Crippen LogP contribution < -0.4 is 0 Å². The van der Waals surface area contributed by atoms with Gasteiger partial charge in [-0.1, -0.05) is 6.07 Å². The first-order valence-corrected chi connectivity index (χ1v) is 12.8. The molecule has 1 aromatic carbocycles. The standard InChI is InChI=1S/C28H33FN4O2/c29-25-7-5-22(6-8-25)28(35)23-9-12-32(13-10-23)14-15-33-27(34)18-24-4-3-20(17-26(24)31-33)16-21-2-1-11-30-19-21/h1-2,5-8,11,19-20,23-24H,3-4,9-10,12-18H2. The quantitative estimate of drug-likeness (QED) is 0.557. The van der Waals surface area contributed by atoms with E-state index >= 15 is 0 Å². The third kappa shape index (κ3) is 5.84. The highest BCUT2D eigenvalue weighted by Gasteiger charge is 2.34. The molecule has 1 saturated heterocycles. The molecule has 1 aliphatic carbocycles. The Balaban J connectivity index is 1.11. The Morgan fingerprint density at radius 2 is 1.80 bits per heavy atom. The van der Waals surface area contributed by atoms with Crippen molar-refractivity contribution in [3.8, 4) is 0 Å². The minimum atomic E-state index is -0.323. The molecule has 3 aliphatic rings. The highest BCUT2D eigenvalue weighted by Crippen LogP contribution is 2.34. The Labute approximate surface area is 206 Å². The molecule has 6 nitrogen and oxygen atoms in total. The van der Waals surface area contributed by atoms with Gasteiger partial charge in [0.1, 0.15) is 5.82 Å². The third-order valence-electron chi connectivity index (χ3n) is 7.81. The Kier molecular flexibility index (Phi) is 7.32. The van der Waals surface area contributed by atoms with E-state index in [1.54, 1.807) is 23.3 Å². The molecular weight excluding hydrogens is 443 g/mol. The zero-order chi connectivity index (χ0) is 24.2. The minimum absolute atomic E-state index is 0.0201. The Hall–Kier alpha value is -2.93. The van der Waals surface area contributed by atoms with Crippen LogP contribution >= 0.6 is 0 Å². The van der Waals surface area contributed by atoms with Crippen LogP contribution in [0.25, 0.3) is 0 Å². The van der Waals surface area contributed by atoms with E-state index in [-0.39, 0.29) is 23.4 Å². The summed E-state index contributed by atoms with van der Waals surface area (Å²) in [6.45, 7) is 3.01. The second kappa shape index (κ2) is 10.8. The highest BCUT2D eigenvalue weighted by atomic mass is 19.1. The van der Waals surface area contributed by atoms with Gasteiger partial charge in [-0.2, -0.15) is 5.10 Å². The van der Waals surface area contributed by atoms with Gasteiger partial charge in [0.15, 0.2) is 5.78 Å². The molecule has 0 radical (unpaired) electrons. The summed E-state index contributed by atoms with van der Waals surface area (Å²) in [6, 6.07) is 9.96. The average molecular weight is 477 g/mol. The van der Waals surface area contributed by atoms with E-state index in [4.69, 9.17) is 5.10 Å². The molecule has 1 saturated carbocycles. The number of halogens is 1. The van der Waals surface area contributed by atoms with Gasteiger partial charge in [0, 0.05) is 48.5 Å². The number of hydrogen-bond donors (Lipinski definition) is 0. The maximum atomic E-state index is 13.2. The van der Waals surface area contributed by atoms with Crippen molar-refractivity contribution in [3.05, 3.63) is 65.7 Å². The molecular formula is C28H33FN4O2. The van der Waals surface area contributed by atoms with Crippen molar-refractivity contribution in [2.75, 3.05) is 26.2 Å². The van der Waals surface area contributed by atoms with E-state index in [2.05, 4.69) is 16.0 Å². The van der Waals surface area contributed by atoms with Crippen LogP contribution in [-0.4, -0.2) is 58.5 Å². The molecule has 3 heterocycles. The van der Waals surface area contributed by atoms with E-state index in [1.165, 1.54) is 23.4 Å². The van der Waals surface area contributed by atoms with Crippen molar-refractivity contribution >= 4 is 17.4 Å². The van der Waals surface area contributed by atoms with Crippen LogP contribution in [-0.2, 0) is 11.2 Å². The van der Waals surface area contributed by atoms with E-state index in [1.807, 2.05) is 12.3 Å². The molecule has 1 amide bonds. The van der Waals surface area contributed by atoms with Crippen molar-refractivity contribution < 1.29 is 14.0 Å². The number of fused-ring (bicyclic) bond motifs is 1. The lowest BCUT2D eigenvalue weighted by Crippen LogP contribution is -2.44. The maximum absolute atomic E-state index is 13.2. The predicted molar refractivity (Wildman–Crippen MR) is 132 cm³/mol. The second-order valence-electron chi connectivity index (χ2n) is 10.2. The van der Waals surface area contributed by atoms with Crippen molar-refractivity contribution in [2.45, 2.75) is 44.9 Å². The topological polar surface area (TPSA) is 65.9 Å². The fourth-order valence-electron chi connectivity index (χ4n) is 5.74. The van der Waals surface area contributed by atoms with Crippen LogP contribution in [0.15, 0.2) is 53.9 Å². The zero-order valence-electron chi connectivity index (χ0n) is 20.1. The summed E-state index contributed by atoms with van der Waals surface area (Å²) < 4.78 is 13.2. The Morgan fingerprint density at radius 3 is 2.54 bits per heavy atom. The molecule has 184 valence electrons. The maximum Gasteiger partial charge on any atom is 0.243 e. The number of amides is 1. The summed E-state index contributed by atoms with van der Waals surface area (Å²) in [6.07, 6.45) is 10.1. The van der Waals surface area contributed by atoms with Gasteiger partial charge in [0.05, 0.1) is 6.54 Å². The predicted octanol–water partition coefficient (Wildman–Crippen LogP) is 4.36. The number of aromatic nitrogens is 1. The number of likely N-dealkylation sites (tertiary alicyclic amines) is 1. The number of hydrazone groups is 1. The average Bonchev–Trinajstić information content (AvgIpc) is 2.88. The second-order valence-corrected chi connectivity index (χ2v) is 10.2. The number of hydrogen-bond acceptors (Lipinski definition) is 5. The minimum Gasteiger partial charge on any atom is -0.301 e. The molecule has 1 aromatic heterocycles. The van der Waals surface area contributed by atoms with Crippen LogP contribution in [0.4, 0.5) is 4.39 Å². The van der Waals surface area contributed by atoms with Gasteiger partial charge in [-0.25, -0.2) is 9.40 Å². The Morgan fingerprint density at radius 1 is 1.00 bits per heavy atom. The van der Waals surface area contributed by atoms with Crippen molar-refractivity contribution in [3.63, 3.8) is 0 Å². The lowest BCUT2D eigenvalue weighted by atomic mass is 9.76. The third-order valence-corrected chi connectivity index (χ3v) is 7.81. The lowest BCUT2D eigenvalue weighted by Gasteiger charge is -2.37. The van der Waals surface area contributed by atoms with Crippen LogP contribution in [0.1, 0.15) is 54.4 Å². The molecule has 2 aliphatic heterocycles. The number of benzene rings is 1. The fourth-order valence-corrected chi connectivity index (χ4v) is 5.74. The molecule has 0 spiro atoms. The monoisotopic (exact) mass is 476 g/mol. The largest absolute Gasteiger partial charge is 0.301 e. The number of rotatable bonds is 7. The first-order chi connectivity index (χ1) is 17.0. The molecule has 2 unspecified atom stereocenters. The molecule has 2 aromatic rings. The first kappa shape index (κ1) is 23.8. The van der Waals surface area contributed by atoms with Gasteiger partial charge in [-0.3, -0.25) is 14.6 Å². The summed E-state index contributed by atoms with van der Waals surface area (Å²) in [4.78, 5) is 32.0. The number of carbonyl (C=O) groups is 2. The van der Waals surface area contributed by atoms with Crippen LogP contribution in [0.3, 0.4) is 0 Å². The van der Waals surface area contributed by atoms with E-state index in [0.717, 1.165) is 58.2 Å². The summed E-state index contributed by atoms with van der Waals surface area (Å²) in [5.41, 5.74) is 3.04. The summed E-state index contributed by atoms with van der Waals surface area (Å²) in [5, 5.41) is 6.51. The normalized spacial score (nSPS) is 23.6. The van der Waals surface area contributed by atoms with Gasteiger partial charge >= 0.3 is 0 Å². The molecule has 5 rings (SSSR count). The van der Waals surface area contributed by atoms with Crippen LogP contribution in [0.2, 0.25) is 0 Å². The molecule has 0 N–H and O–H groups in total. The molecule has 2 atom stereocenters. The van der Waals surface area contributed by atoms with Gasteiger partial charge < -0.3 is 4.90 Å². The number of Topliss-reactive ketones (excluding diaryl/α,β-unsaturated/α-hetero) is 1. The van der Waals surface area contributed by atoms with Crippen molar-refractivity contribution in [1.29, 1.82) is 0 Å². The van der Waals surface area contributed by atoms with Gasteiger partial charge in [-0.05, 0) is 93.4 Å². The lowest BCUT2D eigenvalue weighted by molar-refractivity contribution is -0.133. The molecule has 0 bridgehead atoms. The number of carbonyl (C=O) groups excluding carboxylic acids is 2. The number of ketones is 1. The van der Waals surface area contributed by atoms with E-state index in [9.17, 15) is 14.0 Å². The fraction of sp³-hybridized carbons (Fsp3) is 0.500. The number of pyridine rings is 1. The summed E-state index contributed by atoms with van der Waals surface area (Å²) in [5.74, 6) is 0.750. The molecule has 2 fully saturated rings. The smallest absolute Gasteiger partial charge is 0.243 e. The van der Waals surface area contributed by atoms with Gasteiger partial charge in [0.25, 0.3) is 0 Å². The first-order valence-electron chi connectivity index (χ1n) is 12.8. The SMILES string of the molecule is O=C(c1ccc(F)cc1)C1CCN(CCN2N=C3CC(Cc4cccnc4)CCC3CC2=O)CC1. The van der Waals surface area contributed by atoms with Crippen LogP contribution in [0, 0.1) is 23.6 Å². The van der Waals surface area contributed by atoms with E-state index in [0.29, 0.717) is 30.4 Å². The molecule has 7 heteroatoms. The van der Waals surface area contributed by atoms with Crippen molar-refractivity contribution in [1.82, 2.24) is 14.9 Å². The van der Waals surface area contributed by atoms with Crippen LogP contribution in [0.5, 0.6) is 0 Å². The zero-order valence-corrected chi connectivity index (χ0v) is 20.1.